The SMILES string of the molecule is Cc1ccc(CN2C(=O)CC(c3ccc(C)cc3)c3c2ccc2ccccc32)cc1. The lowest BCUT2D eigenvalue weighted by atomic mass is 9.81. The number of nitrogens with zero attached hydrogens (tertiary/aromatic N) is 1. The van der Waals surface area contributed by atoms with Gasteiger partial charge in [-0.1, -0.05) is 90.0 Å². The molecule has 0 fully saturated rings. The van der Waals surface area contributed by atoms with E-state index in [1.54, 1.807) is 0 Å². The fraction of sp³-hybridized carbons (Fsp3) is 0.179. The predicted octanol–water partition coefficient (Wildman–Crippen LogP) is 6.53. The first-order valence-electron chi connectivity index (χ1n) is 10.5. The molecule has 1 aliphatic heterocycles. The Kier molecular flexibility index (Phi) is 4.63. The Morgan fingerprint density at radius 2 is 1.47 bits per heavy atom. The number of carbonyl (C=O) groups is 1. The van der Waals surface area contributed by atoms with Crippen LogP contribution in [0.5, 0.6) is 0 Å². The minimum Gasteiger partial charge on any atom is -0.308 e. The van der Waals surface area contributed by atoms with E-state index >= 15 is 0 Å². The van der Waals surface area contributed by atoms with Crippen molar-refractivity contribution in [2.24, 2.45) is 0 Å². The minimum atomic E-state index is 0.0773. The van der Waals surface area contributed by atoms with Gasteiger partial charge in [0.25, 0.3) is 0 Å². The molecule has 148 valence electrons. The summed E-state index contributed by atoms with van der Waals surface area (Å²) >= 11 is 0. The molecule has 0 saturated heterocycles. The highest BCUT2D eigenvalue weighted by Crippen LogP contribution is 2.44. The van der Waals surface area contributed by atoms with Crippen LogP contribution in [0.2, 0.25) is 0 Å². The monoisotopic (exact) mass is 391 g/mol. The van der Waals surface area contributed by atoms with Crippen molar-refractivity contribution >= 4 is 22.4 Å². The van der Waals surface area contributed by atoms with E-state index in [0.717, 1.165) is 11.3 Å². The summed E-state index contributed by atoms with van der Waals surface area (Å²) in [7, 11) is 0. The fourth-order valence-corrected chi connectivity index (χ4v) is 4.54. The fourth-order valence-electron chi connectivity index (χ4n) is 4.54. The zero-order valence-electron chi connectivity index (χ0n) is 17.4. The minimum absolute atomic E-state index is 0.0773. The smallest absolute Gasteiger partial charge is 0.228 e. The normalized spacial score (nSPS) is 16.0. The number of aryl methyl sites for hydroxylation is 2. The molecule has 1 amide bonds. The standard InChI is InChI=1S/C28H25NO/c1-19-7-11-21(12-8-19)18-29-26-16-15-22-5-3-4-6-24(22)28(26)25(17-27(29)30)23-13-9-20(2)10-14-23/h3-16,25H,17-18H2,1-2H3. The number of rotatable bonds is 3. The highest BCUT2D eigenvalue weighted by atomic mass is 16.2. The second-order valence-electron chi connectivity index (χ2n) is 8.35. The van der Waals surface area contributed by atoms with Crippen LogP contribution in [-0.2, 0) is 11.3 Å². The summed E-state index contributed by atoms with van der Waals surface area (Å²) in [5.41, 5.74) is 7.14. The summed E-state index contributed by atoms with van der Waals surface area (Å²) in [6.07, 6.45) is 0.496. The van der Waals surface area contributed by atoms with Crippen LogP contribution in [0.1, 0.15) is 40.2 Å². The zero-order chi connectivity index (χ0) is 20.7. The predicted molar refractivity (Wildman–Crippen MR) is 124 cm³/mol. The summed E-state index contributed by atoms with van der Waals surface area (Å²) in [6.45, 7) is 4.79. The molecule has 1 unspecified atom stereocenters. The Morgan fingerprint density at radius 1 is 0.800 bits per heavy atom. The third-order valence-corrected chi connectivity index (χ3v) is 6.21. The van der Waals surface area contributed by atoms with Crippen molar-refractivity contribution in [2.45, 2.75) is 32.7 Å². The van der Waals surface area contributed by atoms with Gasteiger partial charge >= 0.3 is 0 Å². The Morgan fingerprint density at radius 3 is 2.20 bits per heavy atom. The van der Waals surface area contributed by atoms with Gasteiger partial charge in [-0.15, -0.1) is 0 Å². The molecule has 0 spiro atoms. The first-order chi connectivity index (χ1) is 14.6. The Bertz CT molecular complexity index is 1220. The van der Waals surface area contributed by atoms with Gasteiger partial charge in [0.1, 0.15) is 0 Å². The third-order valence-electron chi connectivity index (χ3n) is 6.21. The molecule has 0 aromatic heterocycles. The highest BCUT2D eigenvalue weighted by molar-refractivity contribution is 6.03. The maximum absolute atomic E-state index is 13.3. The lowest BCUT2D eigenvalue weighted by Gasteiger charge is -2.35. The molecule has 2 nitrogen and oxygen atoms in total. The summed E-state index contributed by atoms with van der Waals surface area (Å²) in [5, 5.41) is 2.46. The molecule has 5 rings (SSSR count). The number of hydrogen-bond donors (Lipinski definition) is 0. The van der Waals surface area contributed by atoms with Crippen LogP contribution < -0.4 is 4.90 Å². The van der Waals surface area contributed by atoms with Gasteiger partial charge < -0.3 is 4.90 Å². The summed E-state index contributed by atoms with van der Waals surface area (Å²) in [6, 6.07) is 29.9. The molecular weight excluding hydrogens is 366 g/mol. The van der Waals surface area contributed by atoms with Gasteiger partial charge in [-0.05, 0) is 47.4 Å². The molecule has 0 N–H and O–H groups in total. The van der Waals surface area contributed by atoms with Crippen LogP contribution in [-0.4, -0.2) is 5.91 Å². The highest BCUT2D eigenvalue weighted by Gasteiger charge is 2.33. The Hall–Kier alpha value is -3.39. The maximum atomic E-state index is 13.3. The van der Waals surface area contributed by atoms with E-state index in [4.69, 9.17) is 0 Å². The van der Waals surface area contributed by atoms with Crippen LogP contribution >= 0.6 is 0 Å². The second-order valence-corrected chi connectivity index (χ2v) is 8.35. The summed E-state index contributed by atoms with van der Waals surface area (Å²) in [5.74, 6) is 0.261. The van der Waals surface area contributed by atoms with E-state index < -0.39 is 0 Å². The average Bonchev–Trinajstić information content (AvgIpc) is 2.77. The molecule has 1 atom stereocenters. The third kappa shape index (κ3) is 3.29. The lowest BCUT2D eigenvalue weighted by molar-refractivity contribution is -0.119. The van der Waals surface area contributed by atoms with Gasteiger partial charge in [-0.3, -0.25) is 4.79 Å². The van der Waals surface area contributed by atoms with Crippen molar-refractivity contribution in [1.82, 2.24) is 0 Å². The number of hydrogen-bond acceptors (Lipinski definition) is 1. The number of amides is 1. The van der Waals surface area contributed by atoms with E-state index in [1.165, 1.54) is 33.0 Å². The van der Waals surface area contributed by atoms with Crippen LogP contribution in [0.15, 0.2) is 84.9 Å². The molecule has 0 bridgehead atoms. The van der Waals surface area contributed by atoms with E-state index in [1.807, 2.05) is 4.90 Å². The Balaban J connectivity index is 1.66. The van der Waals surface area contributed by atoms with Gasteiger partial charge in [-0.25, -0.2) is 0 Å². The largest absolute Gasteiger partial charge is 0.308 e. The molecule has 2 heteroatoms. The number of fused-ring (bicyclic) bond motifs is 3. The topological polar surface area (TPSA) is 20.3 Å². The van der Waals surface area contributed by atoms with Crippen LogP contribution in [0.4, 0.5) is 5.69 Å². The van der Waals surface area contributed by atoms with Crippen molar-refractivity contribution in [3.05, 3.63) is 113 Å². The first-order valence-corrected chi connectivity index (χ1v) is 10.5. The molecule has 1 aliphatic rings. The molecule has 0 aliphatic carbocycles. The van der Waals surface area contributed by atoms with Gasteiger partial charge in [0.2, 0.25) is 5.91 Å². The second kappa shape index (κ2) is 7.46. The molecule has 1 heterocycles. The van der Waals surface area contributed by atoms with E-state index in [0.29, 0.717) is 13.0 Å². The van der Waals surface area contributed by atoms with Crippen LogP contribution in [0.25, 0.3) is 10.8 Å². The van der Waals surface area contributed by atoms with Crippen LogP contribution in [0.3, 0.4) is 0 Å². The number of carbonyl (C=O) groups excluding carboxylic acids is 1. The quantitative estimate of drug-likeness (QED) is 0.389. The van der Waals surface area contributed by atoms with Crippen molar-refractivity contribution in [1.29, 1.82) is 0 Å². The van der Waals surface area contributed by atoms with Gasteiger partial charge in [0, 0.05) is 18.0 Å². The van der Waals surface area contributed by atoms with Crippen molar-refractivity contribution in [3.8, 4) is 0 Å². The van der Waals surface area contributed by atoms with Gasteiger partial charge in [-0.2, -0.15) is 0 Å². The van der Waals surface area contributed by atoms with Gasteiger partial charge in [0.05, 0.1) is 6.54 Å². The van der Waals surface area contributed by atoms with Gasteiger partial charge in [0.15, 0.2) is 0 Å². The van der Waals surface area contributed by atoms with E-state index in [2.05, 4.69) is 98.8 Å². The number of benzene rings is 4. The molecule has 4 aromatic rings. The van der Waals surface area contributed by atoms with E-state index in [-0.39, 0.29) is 11.8 Å². The average molecular weight is 392 g/mol. The van der Waals surface area contributed by atoms with Crippen molar-refractivity contribution in [3.63, 3.8) is 0 Å². The zero-order valence-corrected chi connectivity index (χ0v) is 17.4. The summed E-state index contributed by atoms with van der Waals surface area (Å²) < 4.78 is 0. The van der Waals surface area contributed by atoms with Crippen molar-refractivity contribution in [2.75, 3.05) is 4.90 Å². The molecule has 0 radical (unpaired) electrons. The molecule has 30 heavy (non-hydrogen) atoms. The lowest BCUT2D eigenvalue weighted by Crippen LogP contribution is -2.36. The molecular formula is C28H25NO. The van der Waals surface area contributed by atoms with Crippen molar-refractivity contribution < 1.29 is 4.79 Å². The summed E-state index contributed by atoms with van der Waals surface area (Å²) in [4.78, 5) is 15.3. The number of anilines is 1. The van der Waals surface area contributed by atoms with E-state index in [9.17, 15) is 4.79 Å². The Labute approximate surface area is 177 Å². The maximum Gasteiger partial charge on any atom is 0.228 e. The molecule has 0 saturated carbocycles. The van der Waals surface area contributed by atoms with Crippen LogP contribution in [0, 0.1) is 13.8 Å². The first kappa shape index (κ1) is 18.6. The molecule has 4 aromatic carbocycles.